The van der Waals surface area contributed by atoms with Crippen LogP contribution in [0.15, 0.2) is 12.2 Å². The fourth-order valence-corrected chi connectivity index (χ4v) is 1.90. The fraction of sp³-hybridized carbons (Fsp3) is 0.800. The van der Waals surface area contributed by atoms with E-state index < -0.39 is 0 Å². The molecule has 1 rings (SSSR count). The maximum atomic E-state index is 9.09. The van der Waals surface area contributed by atoms with Gasteiger partial charge in [0, 0.05) is 19.1 Å². The molecule has 2 N–H and O–H groups in total. The second-order valence-electron chi connectivity index (χ2n) is 3.73. The number of hydrogen-bond donors (Lipinski definition) is 2. The normalized spacial score (nSPS) is 23.7. The molecule has 0 aromatic carbocycles. The average Bonchev–Trinajstić information content (AvgIpc) is 2.52. The summed E-state index contributed by atoms with van der Waals surface area (Å²) in [6.45, 7) is 7.17. The summed E-state index contributed by atoms with van der Waals surface area (Å²) in [4.78, 5) is 2.32. The van der Waals surface area contributed by atoms with Crippen LogP contribution >= 0.6 is 0 Å². The van der Waals surface area contributed by atoms with E-state index in [1.165, 1.54) is 12.0 Å². The molecule has 1 heterocycles. The van der Waals surface area contributed by atoms with E-state index in [9.17, 15) is 0 Å². The zero-order valence-corrected chi connectivity index (χ0v) is 8.42. The molecule has 1 unspecified atom stereocenters. The standard InChI is InChI=1S/C10H20N2O/c1-9(6-11-2)7-12-5-3-4-10(12)8-13/h10-11,13H,1,3-8H2,2H3. The van der Waals surface area contributed by atoms with Gasteiger partial charge in [0.2, 0.25) is 0 Å². The van der Waals surface area contributed by atoms with Crippen LogP contribution in [0.4, 0.5) is 0 Å². The summed E-state index contributed by atoms with van der Waals surface area (Å²) in [6.07, 6.45) is 2.33. The van der Waals surface area contributed by atoms with Gasteiger partial charge in [0.05, 0.1) is 6.61 Å². The quantitative estimate of drug-likeness (QED) is 0.600. The van der Waals surface area contributed by atoms with Crippen molar-refractivity contribution in [3.05, 3.63) is 12.2 Å². The number of hydrogen-bond acceptors (Lipinski definition) is 3. The Hall–Kier alpha value is -0.380. The Morgan fingerprint density at radius 2 is 2.46 bits per heavy atom. The van der Waals surface area contributed by atoms with Crippen LogP contribution in [-0.4, -0.2) is 49.3 Å². The van der Waals surface area contributed by atoms with Crippen molar-refractivity contribution in [3.63, 3.8) is 0 Å². The molecule has 1 atom stereocenters. The smallest absolute Gasteiger partial charge is 0.0587 e. The molecule has 0 radical (unpaired) electrons. The number of rotatable bonds is 5. The molecular formula is C10H20N2O. The Morgan fingerprint density at radius 3 is 3.08 bits per heavy atom. The molecule has 1 aliphatic heterocycles. The highest BCUT2D eigenvalue weighted by Gasteiger charge is 2.23. The monoisotopic (exact) mass is 184 g/mol. The van der Waals surface area contributed by atoms with Crippen LogP contribution in [0.25, 0.3) is 0 Å². The maximum absolute atomic E-state index is 9.09. The van der Waals surface area contributed by atoms with E-state index in [0.717, 1.165) is 26.1 Å². The summed E-state index contributed by atoms with van der Waals surface area (Å²) in [7, 11) is 1.93. The van der Waals surface area contributed by atoms with Gasteiger partial charge >= 0.3 is 0 Å². The molecule has 3 heteroatoms. The summed E-state index contributed by atoms with van der Waals surface area (Å²) < 4.78 is 0. The third-order valence-electron chi connectivity index (χ3n) is 2.56. The van der Waals surface area contributed by atoms with Gasteiger partial charge in [0.1, 0.15) is 0 Å². The molecule has 0 bridgehead atoms. The van der Waals surface area contributed by atoms with Crippen LogP contribution in [0.1, 0.15) is 12.8 Å². The van der Waals surface area contributed by atoms with E-state index in [1.807, 2.05) is 7.05 Å². The highest BCUT2D eigenvalue weighted by Crippen LogP contribution is 2.17. The van der Waals surface area contributed by atoms with Gasteiger partial charge in [0.15, 0.2) is 0 Å². The topological polar surface area (TPSA) is 35.5 Å². The first-order valence-corrected chi connectivity index (χ1v) is 4.94. The second kappa shape index (κ2) is 5.37. The number of aliphatic hydroxyl groups excluding tert-OH is 1. The van der Waals surface area contributed by atoms with E-state index in [-0.39, 0.29) is 6.61 Å². The van der Waals surface area contributed by atoms with Crippen LogP contribution in [0.3, 0.4) is 0 Å². The molecule has 0 spiro atoms. The molecule has 0 saturated carbocycles. The molecular weight excluding hydrogens is 164 g/mol. The number of likely N-dealkylation sites (tertiary alicyclic amines) is 1. The molecule has 76 valence electrons. The molecule has 1 saturated heterocycles. The van der Waals surface area contributed by atoms with Crippen LogP contribution in [0, 0.1) is 0 Å². The van der Waals surface area contributed by atoms with Gasteiger partial charge in [-0.2, -0.15) is 0 Å². The zero-order valence-electron chi connectivity index (χ0n) is 8.42. The van der Waals surface area contributed by atoms with Crippen molar-refractivity contribution in [2.24, 2.45) is 0 Å². The van der Waals surface area contributed by atoms with E-state index in [1.54, 1.807) is 0 Å². The maximum Gasteiger partial charge on any atom is 0.0587 e. The van der Waals surface area contributed by atoms with Crippen molar-refractivity contribution in [3.8, 4) is 0 Å². The molecule has 0 aromatic heterocycles. The van der Waals surface area contributed by atoms with Gasteiger partial charge in [0.25, 0.3) is 0 Å². The van der Waals surface area contributed by atoms with Crippen LogP contribution in [0.2, 0.25) is 0 Å². The van der Waals surface area contributed by atoms with Gasteiger partial charge in [-0.05, 0) is 32.0 Å². The van der Waals surface area contributed by atoms with Crippen molar-refractivity contribution < 1.29 is 5.11 Å². The van der Waals surface area contributed by atoms with Crippen molar-refractivity contribution in [2.75, 3.05) is 33.3 Å². The Labute approximate surface area is 80.4 Å². The van der Waals surface area contributed by atoms with Crippen LogP contribution in [0.5, 0.6) is 0 Å². The van der Waals surface area contributed by atoms with Gasteiger partial charge in [-0.15, -0.1) is 0 Å². The van der Waals surface area contributed by atoms with E-state index in [0.29, 0.717) is 6.04 Å². The summed E-state index contributed by atoms with van der Waals surface area (Å²) in [6, 6.07) is 0.369. The summed E-state index contributed by atoms with van der Waals surface area (Å²) in [5.41, 5.74) is 1.20. The lowest BCUT2D eigenvalue weighted by Crippen LogP contribution is -2.35. The van der Waals surface area contributed by atoms with E-state index in [4.69, 9.17) is 5.11 Å². The number of likely N-dealkylation sites (N-methyl/N-ethyl adjacent to an activating group) is 1. The zero-order chi connectivity index (χ0) is 9.68. The van der Waals surface area contributed by atoms with Gasteiger partial charge in [-0.25, -0.2) is 0 Å². The Morgan fingerprint density at radius 1 is 1.69 bits per heavy atom. The first kappa shape index (κ1) is 10.7. The molecule has 0 amide bonds. The van der Waals surface area contributed by atoms with Crippen LogP contribution < -0.4 is 5.32 Å². The van der Waals surface area contributed by atoms with Crippen molar-refractivity contribution >= 4 is 0 Å². The molecule has 13 heavy (non-hydrogen) atoms. The minimum atomic E-state index is 0.285. The number of nitrogens with zero attached hydrogens (tertiary/aromatic N) is 1. The highest BCUT2D eigenvalue weighted by molar-refractivity contribution is 5.01. The Bertz CT molecular complexity index is 170. The predicted molar refractivity (Wildman–Crippen MR) is 54.7 cm³/mol. The number of nitrogens with one attached hydrogen (secondary N) is 1. The van der Waals surface area contributed by atoms with Gasteiger partial charge in [-0.1, -0.05) is 6.58 Å². The van der Waals surface area contributed by atoms with E-state index in [2.05, 4.69) is 16.8 Å². The lowest BCUT2D eigenvalue weighted by Gasteiger charge is -2.23. The SMILES string of the molecule is C=C(CNC)CN1CCCC1CO. The van der Waals surface area contributed by atoms with Crippen molar-refractivity contribution in [1.82, 2.24) is 10.2 Å². The first-order chi connectivity index (χ1) is 6.27. The number of aliphatic hydroxyl groups is 1. The highest BCUT2D eigenvalue weighted by atomic mass is 16.3. The minimum Gasteiger partial charge on any atom is -0.395 e. The Balaban J connectivity index is 2.30. The summed E-state index contributed by atoms with van der Waals surface area (Å²) in [5.74, 6) is 0. The average molecular weight is 184 g/mol. The van der Waals surface area contributed by atoms with Crippen molar-refractivity contribution in [2.45, 2.75) is 18.9 Å². The molecule has 1 aliphatic rings. The largest absolute Gasteiger partial charge is 0.395 e. The molecule has 0 aromatic rings. The predicted octanol–water partition coefficient (Wildman–Crippen LogP) is 0.219. The lowest BCUT2D eigenvalue weighted by molar-refractivity contribution is 0.167. The third-order valence-corrected chi connectivity index (χ3v) is 2.56. The first-order valence-electron chi connectivity index (χ1n) is 4.94. The fourth-order valence-electron chi connectivity index (χ4n) is 1.90. The van der Waals surface area contributed by atoms with Gasteiger partial charge < -0.3 is 10.4 Å². The van der Waals surface area contributed by atoms with E-state index >= 15 is 0 Å². The second-order valence-corrected chi connectivity index (χ2v) is 3.73. The minimum absolute atomic E-state index is 0.285. The van der Waals surface area contributed by atoms with Crippen molar-refractivity contribution in [1.29, 1.82) is 0 Å². The Kier molecular flexibility index (Phi) is 4.42. The summed E-state index contributed by atoms with van der Waals surface area (Å²) >= 11 is 0. The van der Waals surface area contributed by atoms with Crippen LogP contribution in [-0.2, 0) is 0 Å². The molecule has 3 nitrogen and oxygen atoms in total. The molecule has 1 fully saturated rings. The third kappa shape index (κ3) is 3.10. The lowest BCUT2D eigenvalue weighted by atomic mass is 10.2. The summed E-state index contributed by atoms with van der Waals surface area (Å²) in [5, 5.41) is 12.2. The van der Waals surface area contributed by atoms with Gasteiger partial charge in [-0.3, -0.25) is 4.90 Å². The molecule has 0 aliphatic carbocycles.